The number of ether oxygens (including phenoxy) is 1. The van der Waals surface area contributed by atoms with E-state index >= 15 is 0 Å². The van der Waals surface area contributed by atoms with E-state index < -0.39 is 12.6 Å². The molecule has 2 aromatic heterocycles. The lowest BCUT2D eigenvalue weighted by molar-refractivity contribution is 0.436. The normalized spacial score (nSPS) is 13.5. The van der Waals surface area contributed by atoms with Gasteiger partial charge in [-0.05, 0) is 109 Å². The van der Waals surface area contributed by atoms with Crippen LogP contribution in [0.5, 0.6) is 11.5 Å². The second-order valence-corrected chi connectivity index (χ2v) is 22.5. The van der Waals surface area contributed by atoms with Crippen molar-refractivity contribution < 1.29 is 9.30 Å². The maximum Gasteiger partial charge on any atom is 0.161 e. The summed E-state index contributed by atoms with van der Waals surface area (Å²) in [6.45, 7) is 3.68. The molecule has 4 nitrogen and oxygen atoms in total. The van der Waals surface area contributed by atoms with E-state index in [1.54, 1.807) is 11.3 Å². The topological polar surface area (TPSA) is 52.1 Å². The molecule has 1 aliphatic heterocycles. The number of fused-ring (bicyclic) bond motifs is 16. The van der Waals surface area contributed by atoms with Gasteiger partial charge >= 0.3 is 0 Å². The highest BCUT2D eigenvalue weighted by molar-refractivity contribution is 7.70. The zero-order valence-electron chi connectivity index (χ0n) is 36.6. The Bertz CT molecular complexity index is 4060. The van der Waals surface area contributed by atoms with Crippen molar-refractivity contribution in [3.05, 3.63) is 222 Å². The highest BCUT2D eigenvalue weighted by Gasteiger charge is 2.51. The summed E-state index contributed by atoms with van der Waals surface area (Å²) < 4.78 is 22.4. The molecule has 0 radical (unpaired) electrons. The number of rotatable bonds is 4. The third kappa shape index (κ3) is 5.44. The highest BCUT2D eigenvalue weighted by Crippen LogP contribution is 2.63. The Morgan fingerprint density at radius 3 is 1.79 bits per heavy atom. The van der Waals surface area contributed by atoms with Gasteiger partial charge in [-0.3, -0.25) is 0 Å². The molecule has 316 valence electrons. The van der Waals surface area contributed by atoms with Gasteiger partial charge in [0, 0.05) is 37.6 Å². The standard InChI is InChI=1S/C61H39N2O2PS/c1-66(2,64)39-18-15-17-37(34-39)54-41-20-5-7-22-43(41)56(44-23-8-6-21-42(44)54)60-62-57(59-58(63-60)46-24-9-14-29-53(46)67-59)38-30-32-45-50(35-38)61(49-33-31-36-16-3-4-19-40(36)55(45)49)47-25-10-12-27-51(47)65-52-28-13-11-26-48(52)61/h3-35H,1-2H3. The number of para-hydroxylation sites is 2. The first-order chi connectivity index (χ1) is 32.9. The maximum absolute atomic E-state index is 13.4. The zero-order valence-corrected chi connectivity index (χ0v) is 38.3. The molecule has 67 heavy (non-hydrogen) atoms. The second kappa shape index (κ2) is 14.2. The van der Waals surface area contributed by atoms with Crippen molar-refractivity contribution in [2.24, 2.45) is 0 Å². The van der Waals surface area contributed by atoms with Crippen molar-refractivity contribution in [3.8, 4) is 56.4 Å². The minimum atomic E-state index is -2.52. The van der Waals surface area contributed by atoms with E-state index in [4.69, 9.17) is 14.7 Å². The van der Waals surface area contributed by atoms with E-state index in [-0.39, 0.29) is 0 Å². The van der Waals surface area contributed by atoms with Crippen LogP contribution in [0.2, 0.25) is 0 Å². The number of benzene rings is 10. The molecule has 2 aliphatic rings. The molecule has 0 unspecified atom stereocenters. The summed E-state index contributed by atoms with van der Waals surface area (Å²) in [5, 5.41) is 8.74. The first kappa shape index (κ1) is 38.6. The number of aromatic nitrogens is 2. The van der Waals surface area contributed by atoms with Gasteiger partial charge < -0.3 is 9.30 Å². The molecular formula is C61H39N2O2PS. The lowest BCUT2D eigenvalue weighted by Crippen LogP contribution is -2.32. The highest BCUT2D eigenvalue weighted by atomic mass is 32.1. The van der Waals surface area contributed by atoms with E-state index in [9.17, 15) is 4.57 Å². The summed E-state index contributed by atoms with van der Waals surface area (Å²) in [6, 6.07) is 71.7. The summed E-state index contributed by atoms with van der Waals surface area (Å²) in [7, 11) is -2.52. The van der Waals surface area contributed by atoms with Crippen LogP contribution in [0.3, 0.4) is 0 Å². The van der Waals surface area contributed by atoms with Gasteiger partial charge in [-0.1, -0.05) is 170 Å². The third-order valence-electron chi connectivity index (χ3n) is 14.2. The molecule has 0 atom stereocenters. The largest absolute Gasteiger partial charge is 0.457 e. The van der Waals surface area contributed by atoms with Crippen molar-refractivity contribution in [2.45, 2.75) is 5.41 Å². The Balaban J connectivity index is 1.08. The van der Waals surface area contributed by atoms with Crippen LogP contribution in [0.15, 0.2) is 200 Å². The number of thiophene rings is 1. The van der Waals surface area contributed by atoms with Gasteiger partial charge in [-0.25, -0.2) is 9.97 Å². The molecule has 14 rings (SSSR count). The van der Waals surface area contributed by atoms with Crippen molar-refractivity contribution in [1.82, 2.24) is 9.97 Å². The van der Waals surface area contributed by atoms with Crippen LogP contribution in [-0.2, 0) is 9.98 Å². The van der Waals surface area contributed by atoms with Gasteiger partial charge in [0.15, 0.2) is 5.82 Å². The summed E-state index contributed by atoms with van der Waals surface area (Å²) in [5.74, 6) is 2.40. The number of hydrogen-bond donors (Lipinski definition) is 0. The van der Waals surface area contributed by atoms with E-state index in [1.807, 2.05) is 25.5 Å². The molecule has 6 heteroatoms. The van der Waals surface area contributed by atoms with Crippen LogP contribution in [0.1, 0.15) is 22.3 Å². The molecule has 0 amide bonds. The average molecular weight is 895 g/mol. The van der Waals surface area contributed by atoms with Crippen molar-refractivity contribution in [2.75, 3.05) is 13.3 Å². The SMILES string of the molecule is CP(C)(=O)c1cccc(-c2c3ccccc3c(-c3nc(-c4ccc5c(c4)C4(c6ccccc6Oc6ccccc64)c4ccc6ccccc6c4-5)c4sc5ccccc5c4n3)c3ccccc23)c1. The van der Waals surface area contributed by atoms with Crippen LogP contribution >= 0.6 is 18.5 Å². The Hall–Kier alpha value is -7.69. The van der Waals surface area contributed by atoms with E-state index in [1.165, 1.54) is 37.7 Å². The molecule has 12 aromatic rings. The first-order valence-electron chi connectivity index (χ1n) is 22.7. The van der Waals surface area contributed by atoms with Gasteiger partial charge in [0.25, 0.3) is 0 Å². The second-order valence-electron chi connectivity index (χ2n) is 18.2. The lowest BCUT2D eigenvalue weighted by atomic mass is 9.66. The summed E-state index contributed by atoms with van der Waals surface area (Å²) in [6.07, 6.45) is 0. The molecule has 10 aromatic carbocycles. The summed E-state index contributed by atoms with van der Waals surface area (Å²) in [4.78, 5) is 11.4. The monoisotopic (exact) mass is 894 g/mol. The molecule has 0 saturated carbocycles. The van der Waals surface area contributed by atoms with Gasteiger partial charge in [-0.2, -0.15) is 0 Å². The van der Waals surface area contributed by atoms with Gasteiger partial charge in [0.05, 0.1) is 21.3 Å². The zero-order chi connectivity index (χ0) is 44.6. The van der Waals surface area contributed by atoms with Crippen molar-refractivity contribution in [1.29, 1.82) is 0 Å². The fourth-order valence-electron chi connectivity index (χ4n) is 11.4. The Labute approximate surface area is 391 Å². The molecule has 0 bridgehead atoms. The predicted octanol–water partition coefficient (Wildman–Crippen LogP) is 16.0. The average Bonchev–Trinajstić information content (AvgIpc) is 3.89. The van der Waals surface area contributed by atoms with Crippen LogP contribution in [0.4, 0.5) is 0 Å². The van der Waals surface area contributed by atoms with Crippen LogP contribution in [-0.4, -0.2) is 23.3 Å². The maximum atomic E-state index is 13.4. The van der Waals surface area contributed by atoms with Crippen LogP contribution in [0, 0.1) is 0 Å². The number of hydrogen-bond acceptors (Lipinski definition) is 5. The molecule has 1 spiro atoms. The minimum Gasteiger partial charge on any atom is -0.457 e. The Morgan fingerprint density at radius 1 is 0.478 bits per heavy atom. The fraction of sp³-hybridized carbons (Fsp3) is 0.0492. The quantitative estimate of drug-likeness (QED) is 0.130. The van der Waals surface area contributed by atoms with Gasteiger partial charge in [0.2, 0.25) is 0 Å². The molecule has 0 fully saturated rings. The van der Waals surface area contributed by atoms with E-state index in [0.29, 0.717) is 5.82 Å². The van der Waals surface area contributed by atoms with Gasteiger partial charge in [-0.15, -0.1) is 11.3 Å². The van der Waals surface area contributed by atoms with E-state index in [2.05, 4.69) is 188 Å². The first-order valence-corrected chi connectivity index (χ1v) is 26.1. The molecule has 0 N–H and O–H groups in total. The number of nitrogens with zero attached hydrogens (tertiary/aromatic N) is 2. The smallest absolute Gasteiger partial charge is 0.161 e. The Morgan fingerprint density at radius 2 is 1.09 bits per heavy atom. The lowest BCUT2D eigenvalue weighted by Gasteiger charge is -2.39. The molecule has 0 saturated heterocycles. The van der Waals surface area contributed by atoms with Crippen molar-refractivity contribution in [3.63, 3.8) is 0 Å². The molecular weight excluding hydrogens is 856 g/mol. The third-order valence-corrected chi connectivity index (χ3v) is 16.9. The van der Waals surface area contributed by atoms with Crippen LogP contribution in [0.25, 0.3) is 97.5 Å². The molecule has 3 heterocycles. The summed E-state index contributed by atoms with van der Waals surface area (Å²) in [5.41, 5.74) is 12.5. The summed E-state index contributed by atoms with van der Waals surface area (Å²) >= 11 is 1.76. The molecule has 1 aliphatic carbocycles. The van der Waals surface area contributed by atoms with Crippen molar-refractivity contribution >= 4 is 76.4 Å². The van der Waals surface area contributed by atoms with E-state index in [0.717, 1.165) is 93.0 Å². The Kier molecular flexibility index (Phi) is 8.15. The fourth-order valence-corrected chi connectivity index (χ4v) is 13.4. The predicted molar refractivity (Wildman–Crippen MR) is 280 cm³/mol. The van der Waals surface area contributed by atoms with Gasteiger partial charge in [0.1, 0.15) is 18.6 Å². The minimum absolute atomic E-state index is 0.659. The van der Waals surface area contributed by atoms with Crippen LogP contribution < -0.4 is 10.0 Å².